The fourth-order valence-electron chi connectivity index (χ4n) is 4.50. The van der Waals surface area contributed by atoms with Gasteiger partial charge in [0.05, 0.1) is 0 Å². The molecule has 1 amide bonds. The first kappa shape index (κ1) is 20.6. The molecule has 1 aliphatic heterocycles. The molecule has 0 bridgehead atoms. The number of hydrogen-bond acceptors (Lipinski definition) is 4. The number of carbonyl (C=O) groups is 2. The standard InChI is InChI=1S/C24H28N2O4/c25-15-16-3-1-4-18(13-16)17-9-11-26(12-10-17)22(27)19-5-2-6-21(14-19)24(30,23(28)29)20-7-8-20/h1-6,13-14,17,20,30H,7-12,15,25H2,(H,28,29)/t24-/m1/s1. The Morgan fingerprint density at radius 2 is 1.73 bits per heavy atom. The highest BCUT2D eigenvalue weighted by molar-refractivity contribution is 5.95. The second kappa shape index (κ2) is 8.20. The number of aliphatic hydroxyl groups is 1. The van der Waals surface area contributed by atoms with Gasteiger partial charge in [0.15, 0.2) is 5.60 Å². The average molecular weight is 408 g/mol. The highest BCUT2D eigenvalue weighted by Crippen LogP contribution is 2.46. The molecule has 2 fully saturated rings. The molecule has 6 heteroatoms. The lowest BCUT2D eigenvalue weighted by atomic mass is 9.87. The van der Waals surface area contributed by atoms with E-state index in [1.165, 1.54) is 5.56 Å². The van der Waals surface area contributed by atoms with Crippen LogP contribution in [0.15, 0.2) is 48.5 Å². The Balaban J connectivity index is 1.46. The molecule has 0 unspecified atom stereocenters. The summed E-state index contributed by atoms with van der Waals surface area (Å²) in [5, 5.41) is 20.4. The van der Waals surface area contributed by atoms with Gasteiger partial charge in [0.1, 0.15) is 0 Å². The molecule has 0 spiro atoms. The van der Waals surface area contributed by atoms with Crippen molar-refractivity contribution in [3.05, 3.63) is 70.8 Å². The van der Waals surface area contributed by atoms with Gasteiger partial charge >= 0.3 is 5.97 Å². The minimum Gasteiger partial charge on any atom is -0.479 e. The first-order valence-electron chi connectivity index (χ1n) is 10.6. The van der Waals surface area contributed by atoms with Gasteiger partial charge in [-0.1, -0.05) is 36.4 Å². The first-order chi connectivity index (χ1) is 14.4. The second-order valence-electron chi connectivity index (χ2n) is 8.44. The highest BCUT2D eigenvalue weighted by Gasteiger charge is 2.51. The number of likely N-dealkylation sites (tertiary alicyclic amines) is 1. The van der Waals surface area contributed by atoms with Crippen molar-refractivity contribution in [3.63, 3.8) is 0 Å². The lowest BCUT2D eigenvalue weighted by molar-refractivity contribution is -0.162. The molecular weight excluding hydrogens is 380 g/mol. The third-order valence-electron chi connectivity index (χ3n) is 6.48. The van der Waals surface area contributed by atoms with Gasteiger partial charge in [-0.25, -0.2) is 4.79 Å². The molecule has 1 atom stereocenters. The Morgan fingerprint density at radius 3 is 2.37 bits per heavy atom. The predicted octanol–water partition coefficient (Wildman–Crippen LogP) is 2.85. The number of carbonyl (C=O) groups excluding carboxylic acids is 1. The number of nitrogens with two attached hydrogens (primary N) is 1. The Bertz CT molecular complexity index is 948. The molecule has 1 heterocycles. The van der Waals surface area contributed by atoms with Crippen molar-refractivity contribution in [1.82, 2.24) is 4.90 Å². The average Bonchev–Trinajstić information content (AvgIpc) is 3.64. The Hall–Kier alpha value is -2.70. The van der Waals surface area contributed by atoms with Gasteiger partial charge in [-0.15, -0.1) is 0 Å². The molecule has 2 aromatic rings. The molecule has 30 heavy (non-hydrogen) atoms. The van der Waals surface area contributed by atoms with Crippen molar-refractivity contribution in [1.29, 1.82) is 0 Å². The molecule has 1 saturated heterocycles. The third-order valence-corrected chi connectivity index (χ3v) is 6.48. The van der Waals surface area contributed by atoms with Crippen LogP contribution in [0.5, 0.6) is 0 Å². The van der Waals surface area contributed by atoms with Crippen LogP contribution >= 0.6 is 0 Å². The third kappa shape index (κ3) is 3.85. The van der Waals surface area contributed by atoms with Gasteiger partial charge in [-0.05, 0) is 60.4 Å². The second-order valence-corrected chi connectivity index (χ2v) is 8.44. The summed E-state index contributed by atoms with van der Waals surface area (Å²) in [4.78, 5) is 26.6. The fourth-order valence-corrected chi connectivity index (χ4v) is 4.50. The monoisotopic (exact) mass is 408 g/mol. The van der Waals surface area contributed by atoms with Crippen LogP contribution in [0.4, 0.5) is 0 Å². The van der Waals surface area contributed by atoms with Crippen molar-refractivity contribution in [3.8, 4) is 0 Å². The topological polar surface area (TPSA) is 104 Å². The summed E-state index contributed by atoms with van der Waals surface area (Å²) in [7, 11) is 0. The van der Waals surface area contributed by atoms with Crippen LogP contribution in [0, 0.1) is 5.92 Å². The minimum absolute atomic E-state index is 0.116. The van der Waals surface area contributed by atoms with Crippen LogP contribution in [0.3, 0.4) is 0 Å². The summed E-state index contributed by atoms with van der Waals surface area (Å²) in [6.45, 7) is 1.81. The Morgan fingerprint density at radius 1 is 1.03 bits per heavy atom. The van der Waals surface area contributed by atoms with E-state index in [2.05, 4.69) is 12.1 Å². The summed E-state index contributed by atoms with van der Waals surface area (Å²) in [5.41, 5.74) is 6.93. The van der Waals surface area contributed by atoms with E-state index in [1.54, 1.807) is 24.3 Å². The van der Waals surface area contributed by atoms with Gasteiger partial charge in [-0.2, -0.15) is 0 Å². The zero-order valence-corrected chi connectivity index (χ0v) is 17.0. The summed E-state index contributed by atoms with van der Waals surface area (Å²) >= 11 is 0. The van der Waals surface area contributed by atoms with Crippen LogP contribution in [0.2, 0.25) is 0 Å². The van der Waals surface area contributed by atoms with E-state index in [0.717, 1.165) is 18.4 Å². The molecule has 1 saturated carbocycles. The number of nitrogens with zero attached hydrogens (tertiary/aromatic N) is 1. The number of amides is 1. The first-order valence-corrected chi connectivity index (χ1v) is 10.6. The van der Waals surface area contributed by atoms with Crippen LogP contribution in [-0.4, -0.2) is 40.1 Å². The SMILES string of the molecule is NCc1cccc(C2CCN(C(=O)c3cccc([C@@](O)(C(=O)O)C4CC4)c3)CC2)c1. The van der Waals surface area contributed by atoms with Crippen LogP contribution in [0.1, 0.15) is 58.6 Å². The molecule has 0 aromatic heterocycles. The number of carboxylic acids is 1. The molecular formula is C24H28N2O4. The van der Waals surface area contributed by atoms with Crippen molar-refractivity contribution in [2.24, 2.45) is 11.7 Å². The van der Waals surface area contributed by atoms with E-state index in [1.807, 2.05) is 17.0 Å². The number of carboxylic acid groups (broad SMARTS) is 1. The summed E-state index contributed by atoms with van der Waals surface area (Å²) in [6.07, 6.45) is 3.11. The summed E-state index contributed by atoms with van der Waals surface area (Å²) < 4.78 is 0. The van der Waals surface area contributed by atoms with Gasteiger partial charge < -0.3 is 20.8 Å². The molecule has 0 radical (unpaired) electrons. The van der Waals surface area contributed by atoms with Crippen LogP contribution in [0.25, 0.3) is 0 Å². The molecule has 1 aliphatic carbocycles. The largest absolute Gasteiger partial charge is 0.479 e. The quantitative estimate of drug-likeness (QED) is 0.682. The minimum atomic E-state index is -1.92. The lowest BCUT2D eigenvalue weighted by Crippen LogP contribution is -2.39. The van der Waals surface area contributed by atoms with Crippen molar-refractivity contribution >= 4 is 11.9 Å². The fraction of sp³-hybridized carbons (Fsp3) is 0.417. The molecule has 6 nitrogen and oxygen atoms in total. The zero-order chi connectivity index (χ0) is 21.3. The van der Waals surface area contributed by atoms with E-state index in [-0.39, 0.29) is 17.4 Å². The normalized spacial score (nSPS) is 19.3. The summed E-state index contributed by atoms with van der Waals surface area (Å²) in [5.74, 6) is -1.26. The number of rotatable bonds is 6. The molecule has 2 aliphatic rings. The van der Waals surface area contributed by atoms with E-state index >= 15 is 0 Å². The van der Waals surface area contributed by atoms with E-state index in [0.29, 0.717) is 44.0 Å². The van der Waals surface area contributed by atoms with Crippen molar-refractivity contribution < 1.29 is 19.8 Å². The van der Waals surface area contributed by atoms with E-state index < -0.39 is 11.6 Å². The molecule has 2 aromatic carbocycles. The number of piperidine rings is 1. The van der Waals surface area contributed by atoms with E-state index in [4.69, 9.17) is 5.73 Å². The Kier molecular flexibility index (Phi) is 5.62. The molecule has 4 rings (SSSR count). The maximum Gasteiger partial charge on any atom is 0.340 e. The Labute approximate surface area is 176 Å². The number of hydrogen-bond donors (Lipinski definition) is 3. The van der Waals surface area contributed by atoms with Gasteiger partial charge in [0, 0.05) is 31.1 Å². The molecule has 158 valence electrons. The predicted molar refractivity (Wildman–Crippen MR) is 113 cm³/mol. The highest BCUT2D eigenvalue weighted by atomic mass is 16.4. The smallest absolute Gasteiger partial charge is 0.340 e. The van der Waals surface area contributed by atoms with Crippen LogP contribution in [-0.2, 0) is 16.9 Å². The summed E-state index contributed by atoms with van der Waals surface area (Å²) in [6, 6.07) is 14.8. The maximum absolute atomic E-state index is 13.1. The maximum atomic E-state index is 13.1. The van der Waals surface area contributed by atoms with Gasteiger partial charge in [0.2, 0.25) is 0 Å². The van der Waals surface area contributed by atoms with E-state index in [9.17, 15) is 19.8 Å². The van der Waals surface area contributed by atoms with Gasteiger partial charge in [0.25, 0.3) is 5.91 Å². The lowest BCUT2D eigenvalue weighted by Gasteiger charge is -2.33. The molecule has 4 N–H and O–H groups in total. The zero-order valence-electron chi connectivity index (χ0n) is 17.0. The van der Waals surface area contributed by atoms with Crippen molar-refractivity contribution in [2.75, 3.05) is 13.1 Å². The number of aliphatic carboxylic acids is 1. The van der Waals surface area contributed by atoms with Crippen molar-refractivity contribution in [2.45, 2.75) is 43.7 Å². The number of benzene rings is 2. The van der Waals surface area contributed by atoms with Gasteiger partial charge in [-0.3, -0.25) is 4.79 Å². The van der Waals surface area contributed by atoms with Crippen LogP contribution < -0.4 is 5.73 Å².